The molecule has 2 nitrogen and oxygen atoms in total. The Balaban J connectivity index is 2.20. The standard InChI is InChI=1S/C14H18ClF3N2/c1-20-8-3-4-10(7-9-20)19-13-11(14(16,17)18)5-2-6-12(13)15/h2,5-6,10,19H,3-4,7-9H2,1H3. The summed E-state index contributed by atoms with van der Waals surface area (Å²) in [6, 6.07) is 3.91. The minimum atomic E-state index is -4.39. The number of benzene rings is 1. The predicted molar refractivity (Wildman–Crippen MR) is 75.2 cm³/mol. The summed E-state index contributed by atoms with van der Waals surface area (Å²) in [5.41, 5.74) is -0.682. The van der Waals surface area contributed by atoms with Gasteiger partial charge in [0.15, 0.2) is 0 Å². The normalized spacial score (nSPS) is 21.6. The second kappa shape index (κ2) is 6.22. The fourth-order valence-corrected chi connectivity index (χ4v) is 2.72. The summed E-state index contributed by atoms with van der Waals surface area (Å²) >= 11 is 5.95. The van der Waals surface area contributed by atoms with Crippen molar-refractivity contribution in [2.75, 3.05) is 25.5 Å². The molecule has 0 amide bonds. The maximum atomic E-state index is 13.0. The van der Waals surface area contributed by atoms with Crippen molar-refractivity contribution >= 4 is 17.3 Å². The second-order valence-corrected chi connectivity index (χ2v) is 5.64. The Hall–Kier alpha value is -0.940. The van der Waals surface area contributed by atoms with Gasteiger partial charge in [-0.25, -0.2) is 0 Å². The highest BCUT2D eigenvalue weighted by molar-refractivity contribution is 6.33. The highest BCUT2D eigenvalue weighted by Crippen LogP contribution is 2.39. The smallest absolute Gasteiger partial charge is 0.381 e. The highest BCUT2D eigenvalue weighted by atomic mass is 35.5. The average molecular weight is 307 g/mol. The number of rotatable bonds is 2. The minimum absolute atomic E-state index is 0.0104. The molecule has 0 radical (unpaired) electrons. The lowest BCUT2D eigenvalue weighted by Gasteiger charge is -2.22. The third-order valence-electron chi connectivity index (χ3n) is 3.62. The molecule has 0 aliphatic carbocycles. The third-order valence-corrected chi connectivity index (χ3v) is 3.93. The van der Waals surface area contributed by atoms with Crippen molar-refractivity contribution in [2.24, 2.45) is 0 Å². The molecular formula is C14H18ClF3N2. The van der Waals surface area contributed by atoms with Crippen molar-refractivity contribution in [1.29, 1.82) is 0 Å². The summed E-state index contributed by atoms with van der Waals surface area (Å²) in [5, 5.41) is 3.13. The van der Waals surface area contributed by atoms with E-state index in [1.54, 1.807) is 0 Å². The second-order valence-electron chi connectivity index (χ2n) is 5.24. The largest absolute Gasteiger partial charge is 0.418 e. The summed E-state index contributed by atoms with van der Waals surface area (Å²) in [4.78, 5) is 2.19. The van der Waals surface area contributed by atoms with Crippen LogP contribution in [0.1, 0.15) is 24.8 Å². The number of likely N-dealkylation sites (tertiary alicyclic amines) is 1. The number of halogens is 4. The van der Waals surface area contributed by atoms with E-state index in [1.807, 2.05) is 7.05 Å². The molecule has 0 aromatic heterocycles. The Labute approximate surface area is 121 Å². The van der Waals surface area contributed by atoms with Crippen LogP contribution in [0.5, 0.6) is 0 Å². The van der Waals surface area contributed by atoms with Gasteiger partial charge in [0, 0.05) is 6.04 Å². The summed E-state index contributed by atoms with van der Waals surface area (Å²) in [6.07, 6.45) is -1.75. The third kappa shape index (κ3) is 3.79. The summed E-state index contributed by atoms with van der Waals surface area (Å²) in [5.74, 6) is 0. The van der Waals surface area contributed by atoms with Crippen LogP contribution < -0.4 is 5.32 Å². The SMILES string of the molecule is CN1CCCC(Nc2c(Cl)cccc2C(F)(F)F)CC1. The summed E-state index contributed by atoms with van der Waals surface area (Å²) in [7, 11) is 2.03. The first-order valence-corrected chi connectivity index (χ1v) is 7.06. The zero-order chi connectivity index (χ0) is 14.8. The van der Waals surface area contributed by atoms with Crippen molar-refractivity contribution in [3.63, 3.8) is 0 Å². The Morgan fingerprint density at radius 2 is 2.00 bits per heavy atom. The molecule has 1 aromatic rings. The maximum absolute atomic E-state index is 13.0. The van der Waals surface area contributed by atoms with Gasteiger partial charge in [-0.15, -0.1) is 0 Å². The first-order chi connectivity index (χ1) is 9.38. The van der Waals surface area contributed by atoms with E-state index in [9.17, 15) is 13.2 Å². The lowest BCUT2D eigenvalue weighted by molar-refractivity contribution is -0.137. The van der Waals surface area contributed by atoms with Gasteiger partial charge in [0.1, 0.15) is 0 Å². The topological polar surface area (TPSA) is 15.3 Å². The van der Waals surface area contributed by atoms with Crippen LogP contribution in [-0.2, 0) is 6.18 Å². The first kappa shape index (κ1) is 15.4. The molecule has 1 saturated heterocycles. The van der Waals surface area contributed by atoms with Gasteiger partial charge < -0.3 is 10.2 Å². The molecule has 1 N–H and O–H groups in total. The molecule has 1 atom stereocenters. The number of hydrogen-bond donors (Lipinski definition) is 1. The Morgan fingerprint density at radius 3 is 2.70 bits per heavy atom. The minimum Gasteiger partial charge on any atom is -0.381 e. The van der Waals surface area contributed by atoms with E-state index in [-0.39, 0.29) is 16.8 Å². The van der Waals surface area contributed by atoms with Crippen LogP contribution in [0.4, 0.5) is 18.9 Å². The van der Waals surface area contributed by atoms with Gasteiger partial charge in [-0.1, -0.05) is 17.7 Å². The molecule has 1 fully saturated rings. The van der Waals surface area contributed by atoms with Gasteiger partial charge in [-0.2, -0.15) is 13.2 Å². The molecule has 2 rings (SSSR count). The Morgan fingerprint density at radius 1 is 1.25 bits per heavy atom. The van der Waals surface area contributed by atoms with Crippen molar-refractivity contribution < 1.29 is 13.2 Å². The van der Waals surface area contributed by atoms with Crippen molar-refractivity contribution in [1.82, 2.24) is 4.90 Å². The number of anilines is 1. The van der Waals surface area contributed by atoms with Crippen LogP contribution in [-0.4, -0.2) is 31.1 Å². The number of para-hydroxylation sites is 1. The summed E-state index contributed by atoms with van der Waals surface area (Å²) in [6.45, 7) is 1.86. The molecule has 0 spiro atoms. The van der Waals surface area contributed by atoms with Crippen LogP contribution in [0, 0.1) is 0 Å². The quantitative estimate of drug-likeness (QED) is 0.878. The van der Waals surface area contributed by atoms with E-state index >= 15 is 0 Å². The average Bonchev–Trinajstić information content (AvgIpc) is 2.55. The van der Waals surface area contributed by atoms with Crippen LogP contribution >= 0.6 is 11.6 Å². The molecule has 1 aromatic carbocycles. The van der Waals surface area contributed by atoms with E-state index in [2.05, 4.69) is 10.2 Å². The number of nitrogens with one attached hydrogen (secondary N) is 1. The van der Waals surface area contributed by atoms with Gasteiger partial charge in [-0.05, 0) is 51.5 Å². The molecule has 6 heteroatoms. The van der Waals surface area contributed by atoms with Gasteiger partial charge >= 0.3 is 6.18 Å². The number of alkyl halides is 3. The molecule has 1 aliphatic rings. The zero-order valence-electron chi connectivity index (χ0n) is 11.3. The van der Waals surface area contributed by atoms with E-state index in [0.717, 1.165) is 38.4 Å². The van der Waals surface area contributed by atoms with Crippen LogP contribution in [0.2, 0.25) is 5.02 Å². The first-order valence-electron chi connectivity index (χ1n) is 6.68. The molecule has 1 heterocycles. The van der Waals surface area contributed by atoms with Gasteiger partial charge in [0.2, 0.25) is 0 Å². The zero-order valence-corrected chi connectivity index (χ0v) is 12.1. The van der Waals surface area contributed by atoms with E-state index < -0.39 is 11.7 Å². The highest BCUT2D eigenvalue weighted by Gasteiger charge is 2.34. The van der Waals surface area contributed by atoms with Crippen LogP contribution in [0.3, 0.4) is 0 Å². The molecule has 0 bridgehead atoms. The molecule has 0 saturated carbocycles. The van der Waals surface area contributed by atoms with Crippen LogP contribution in [0.15, 0.2) is 18.2 Å². The van der Waals surface area contributed by atoms with E-state index in [0.29, 0.717) is 0 Å². The van der Waals surface area contributed by atoms with Gasteiger partial charge in [0.05, 0.1) is 16.3 Å². The van der Waals surface area contributed by atoms with Crippen molar-refractivity contribution in [3.8, 4) is 0 Å². The summed E-state index contributed by atoms with van der Waals surface area (Å²) < 4.78 is 39.1. The monoisotopic (exact) mass is 306 g/mol. The number of hydrogen-bond acceptors (Lipinski definition) is 2. The molecular weight excluding hydrogens is 289 g/mol. The molecule has 112 valence electrons. The molecule has 1 aliphatic heterocycles. The van der Waals surface area contributed by atoms with Crippen molar-refractivity contribution in [2.45, 2.75) is 31.5 Å². The van der Waals surface area contributed by atoms with Gasteiger partial charge in [-0.3, -0.25) is 0 Å². The van der Waals surface area contributed by atoms with Crippen LogP contribution in [0.25, 0.3) is 0 Å². The fraction of sp³-hybridized carbons (Fsp3) is 0.571. The van der Waals surface area contributed by atoms with E-state index in [1.165, 1.54) is 12.1 Å². The molecule has 20 heavy (non-hydrogen) atoms. The molecule has 1 unspecified atom stereocenters. The maximum Gasteiger partial charge on any atom is 0.418 e. The Kier molecular flexibility index (Phi) is 4.81. The lowest BCUT2D eigenvalue weighted by Crippen LogP contribution is -2.24. The lowest BCUT2D eigenvalue weighted by atomic mass is 10.1. The Bertz CT molecular complexity index is 462. The predicted octanol–water partition coefficient (Wildman–Crippen LogP) is 4.26. The van der Waals surface area contributed by atoms with E-state index in [4.69, 9.17) is 11.6 Å². The van der Waals surface area contributed by atoms with Gasteiger partial charge in [0.25, 0.3) is 0 Å². The van der Waals surface area contributed by atoms with Crippen molar-refractivity contribution in [3.05, 3.63) is 28.8 Å². The number of nitrogens with zero attached hydrogens (tertiary/aromatic N) is 1. The fourth-order valence-electron chi connectivity index (χ4n) is 2.50.